The Balaban J connectivity index is 2.11. The molecule has 84 valence electrons. The van der Waals surface area contributed by atoms with E-state index in [1.807, 2.05) is 12.2 Å². The van der Waals surface area contributed by atoms with Crippen molar-refractivity contribution >= 4 is 12.1 Å². The standard InChI is InChI=1S/C12H10N4O/c17-12-8-3-1-5-13-10(8)7-15-11-9(16-12)4-2-6-14-11/h1-5,7H,6H2,(H,14,15)(H,16,17). The van der Waals surface area contributed by atoms with Crippen molar-refractivity contribution in [3.8, 4) is 0 Å². The molecule has 0 aliphatic carbocycles. The molecule has 2 aliphatic heterocycles. The summed E-state index contributed by atoms with van der Waals surface area (Å²) in [5.41, 5.74) is 1.79. The lowest BCUT2D eigenvalue weighted by atomic mass is 10.1. The Hall–Kier alpha value is -2.43. The van der Waals surface area contributed by atoms with E-state index in [0.717, 1.165) is 0 Å². The Morgan fingerprint density at radius 1 is 1.35 bits per heavy atom. The van der Waals surface area contributed by atoms with Crippen molar-refractivity contribution in [3.63, 3.8) is 0 Å². The number of aromatic nitrogens is 1. The van der Waals surface area contributed by atoms with Crippen LogP contribution in [0.2, 0.25) is 0 Å². The minimum atomic E-state index is -0.167. The molecule has 3 heterocycles. The summed E-state index contributed by atoms with van der Waals surface area (Å²) in [7, 11) is 0. The molecule has 0 aromatic carbocycles. The molecule has 0 spiro atoms. The van der Waals surface area contributed by atoms with Gasteiger partial charge in [-0.25, -0.2) is 4.99 Å². The van der Waals surface area contributed by atoms with Crippen LogP contribution in [0.3, 0.4) is 0 Å². The van der Waals surface area contributed by atoms with E-state index in [1.54, 1.807) is 24.5 Å². The van der Waals surface area contributed by atoms with Crippen LogP contribution in [-0.4, -0.2) is 23.7 Å². The normalized spacial score (nSPS) is 17.5. The number of hydrogen-bond acceptors (Lipinski definition) is 4. The van der Waals surface area contributed by atoms with Crippen LogP contribution in [-0.2, 0) is 0 Å². The Kier molecular flexibility index (Phi) is 2.22. The summed E-state index contributed by atoms with van der Waals surface area (Å²) in [6.45, 7) is 0.709. The fraction of sp³-hybridized carbons (Fsp3) is 0.0833. The van der Waals surface area contributed by atoms with Crippen LogP contribution in [0.1, 0.15) is 16.1 Å². The van der Waals surface area contributed by atoms with Gasteiger partial charge in [-0.15, -0.1) is 0 Å². The second-order valence-corrected chi connectivity index (χ2v) is 3.69. The summed E-state index contributed by atoms with van der Waals surface area (Å²) in [6.07, 6.45) is 7.03. The fourth-order valence-electron chi connectivity index (χ4n) is 1.75. The second-order valence-electron chi connectivity index (χ2n) is 3.69. The lowest BCUT2D eigenvalue weighted by Crippen LogP contribution is -2.30. The average molecular weight is 226 g/mol. The molecule has 1 aromatic heterocycles. The molecule has 5 nitrogen and oxygen atoms in total. The van der Waals surface area contributed by atoms with Crippen LogP contribution in [0.15, 0.2) is 47.0 Å². The summed E-state index contributed by atoms with van der Waals surface area (Å²) in [5, 5.41) is 5.91. The number of nitrogens with zero attached hydrogens (tertiary/aromatic N) is 2. The largest absolute Gasteiger partial charge is 0.365 e. The molecule has 17 heavy (non-hydrogen) atoms. The number of hydrogen-bond donors (Lipinski definition) is 2. The number of rotatable bonds is 0. The molecule has 0 saturated heterocycles. The lowest BCUT2D eigenvalue weighted by molar-refractivity contribution is 0.0965. The van der Waals surface area contributed by atoms with E-state index in [-0.39, 0.29) is 5.91 Å². The molecule has 1 amide bonds. The van der Waals surface area contributed by atoms with E-state index < -0.39 is 0 Å². The SMILES string of the molecule is O=C1NC2=C(N=Cc3ncccc31)NCC=C2. The first-order chi connectivity index (χ1) is 8.34. The van der Waals surface area contributed by atoms with Gasteiger partial charge in [0.1, 0.15) is 5.82 Å². The van der Waals surface area contributed by atoms with Crippen LogP contribution in [0.5, 0.6) is 0 Å². The van der Waals surface area contributed by atoms with Crippen LogP contribution in [0.25, 0.3) is 0 Å². The van der Waals surface area contributed by atoms with E-state index in [0.29, 0.717) is 29.3 Å². The van der Waals surface area contributed by atoms with Gasteiger partial charge in [-0.2, -0.15) is 0 Å². The molecule has 0 bridgehead atoms. The molecule has 1 aromatic rings. The number of fused-ring (bicyclic) bond motifs is 1. The minimum absolute atomic E-state index is 0.167. The average Bonchev–Trinajstić information content (AvgIpc) is 2.36. The first kappa shape index (κ1) is 9.77. The highest BCUT2D eigenvalue weighted by atomic mass is 16.1. The zero-order valence-electron chi connectivity index (χ0n) is 8.97. The summed E-state index contributed by atoms with van der Waals surface area (Å²) < 4.78 is 0. The number of carbonyl (C=O) groups excluding carboxylic acids is 1. The van der Waals surface area contributed by atoms with Gasteiger partial charge < -0.3 is 10.6 Å². The van der Waals surface area contributed by atoms with Gasteiger partial charge in [-0.1, -0.05) is 6.08 Å². The maximum Gasteiger partial charge on any atom is 0.258 e. The van der Waals surface area contributed by atoms with Crippen molar-refractivity contribution in [1.82, 2.24) is 15.6 Å². The number of pyridine rings is 1. The Morgan fingerprint density at radius 3 is 3.24 bits per heavy atom. The van der Waals surface area contributed by atoms with E-state index in [1.165, 1.54) is 0 Å². The maximum absolute atomic E-state index is 12.0. The Bertz CT molecular complexity index is 572. The van der Waals surface area contributed by atoms with E-state index in [2.05, 4.69) is 20.6 Å². The monoisotopic (exact) mass is 226 g/mol. The highest BCUT2D eigenvalue weighted by Gasteiger charge is 2.17. The van der Waals surface area contributed by atoms with E-state index in [9.17, 15) is 4.79 Å². The molecule has 5 heteroatoms. The quantitative estimate of drug-likeness (QED) is 0.679. The predicted molar refractivity (Wildman–Crippen MR) is 63.5 cm³/mol. The van der Waals surface area contributed by atoms with Crippen molar-refractivity contribution in [1.29, 1.82) is 0 Å². The smallest absolute Gasteiger partial charge is 0.258 e. The van der Waals surface area contributed by atoms with Gasteiger partial charge in [0.15, 0.2) is 0 Å². The molecular formula is C12H10N4O. The summed E-state index contributed by atoms with van der Waals surface area (Å²) >= 11 is 0. The Morgan fingerprint density at radius 2 is 2.29 bits per heavy atom. The third-order valence-electron chi connectivity index (χ3n) is 2.57. The van der Waals surface area contributed by atoms with Crippen molar-refractivity contribution in [2.24, 2.45) is 4.99 Å². The number of carbonyl (C=O) groups is 1. The van der Waals surface area contributed by atoms with Gasteiger partial charge in [0.05, 0.1) is 23.2 Å². The summed E-state index contributed by atoms with van der Waals surface area (Å²) in [6, 6.07) is 3.47. The predicted octanol–water partition coefficient (Wildman–Crippen LogP) is 0.572. The molecule has 2 aliphatic rings. The molecular weight excluding hydrogens is 216 g/mol. The van der Waals surface area contributed by atoms with Crippen molar-refractivity contribution < 1.29 is 4.79 Å². The van der Waals surface area contributed by atoms with Crippen molar-refractivity contribution in [2.45, 2.75) is 0 Å². The first-order valence-electron chi connectivity index (χ1n) is 5.30. The van der Waals surface area contributed by atoms with Crippen LogP contribution in [0, 0.1) is 0 Å². The maximum atomic E-state index is 12.0. The second kappa shape index (κ2) is 3.86. The number of amides is 1. The van der Waals surface area contributed by atoms with Gasteiger partial charge in [-0.05, 0) is 18.2 Å². The molecule has 0 radical (unpaired) electrons. The zero-order chi connectivity index (χ0) is 11.7. The molecule has 0 saturated carbocycles. The van der Waals surface area contributed by atoms with E-state index >= 15 is 0 Å². The number of aliphatic imine (C=N–C) groups is 1. The van der Waals surface area contributed by atoms with Gasteiger partial charge in [-0.3, -0.25) is 9.78 Å². The zero-order valence-corrected chi connectivity index (χ0v) is 8.97. The van der Waals surface area contributed by atoms with Crippen LogP contribution >= 0.6 is 0 Å². The van der Waals surface area contributed by atoms with Crippen LogP contribution < -0.4 is 10.6 Å². The highest BCUT2D eigenvalue weighted by molar-refractivity contribution is 6.02. The lowest BCUT2D eigenvalue weighted by Gasteiger charge is -2.17. The first-order valence-corrected chi connectivity index (χ1v) is 5.30. The summed E-state index contributed by atoms with van der Waals surface area (Å²) in [5.74, 6) is 0.497. The highest BCUT2D eigenvalue weighted by Crippen LogP contribution is 2.12. The molecule has 0 fully saturated rings. The third kappa shape index (κ3) is 1.71. The molecule has 0 unspecified atom stereocenters. The van der Waals surface area contributed by atoms with Gasteiger partial charge in [0, 0.05) is 12.7 Å². The van der Waals surface area contributed by atoms with Gasteiger partial charge in [0.2, 0.25) is 0 Å². The minimum Gasteiger partial charge on any atom is -0.365 e. The van der Waals surface area contributed by atoms with Gasteiger partial charge >= 0.3 is 0 Å². The third-order valence-corrected chi connectivity index (χ3v) is 2.57. The van der Waals surface area contributed by atoms with Crippen molar-refractivity contribution in [3.05, 3.63) is 53.3 Å². The van der Waals surface area contributed by atoms with Gasteiger partial charge in [0.25, 0.3) is 5.91 Å². The number of nitrogens with one attached hydrogen (secondary N) is 2. The van der Waals surface area contributed by atoms with Crippen molar-refractivity contribution in [2.75, 3.05) is 6.54 Å². The van der Waals surface area contributed by atoms with E-state index in [4.69, 9.17) is 0 Å². The fourth-order valence-corrected chi connectivity index (χ4v) is 1.75. The number of dihydropyridines is 1. The summed E-state index contributed by atoms with van der Waals surface area (Å²) in [4.78, 5) is 20.4. The number of allylic oxidation sites excluding steroid dienone is 1. The topological polar surface area (TPSA) is 66.4 Å². The molecule has 2 N–H and O–H groups in total. The Labute approximate surface area is 98.0 Å². The molecule has 0 atom stereocenters. The molecule has 3 rings (SSSR count). The van der Waals surface area contributed by atoms with Crippen LogP contribution in [0.4, 0.5) is 0 Å².